The fourth-order valence-electron chi connectivity index (χ4n) is 5.55. The molecule has 3 amide bonds. The summed E-state index contributed by atoms with van der Waals surface area (Å²) in [6.07, 6.45) is 0. The maximum Gasteiger partial charge on any atom is 0.308 e. The van der Waals surface area contributed by atoms with Gasteiger partial charge in [-0.1, -0.05) is 45.1 Å². The van der Waals surface area contributed by atoms with Crippen LogP contribution < -0.4 is 19.2 Å². The zero-order valence-electron chi connectivity index (χ0n) is 22.2. The van der Waals surface area contributed by atoms with E-state index in [0.29, 0.717) is 59.0 Å². The Labute approximate surface area is 252 Å². The van der Waals surface area contributed by atoms with Crippen molar-refractivity contribution in [3.05, 3.63) is 67.0 Å². The smallest absolute Gasteiger partial charge is 0.308 e. The van der Waals surface area contributed by atoms with Crippen molar-refractivity contribution in [1.82, 2.24) is 9.47 Å². The third-order valence-electron chi connectivity index (χ3n) is 7.56. The van der Waals surface area contributed by atoms with Crippen LogP contribution in [0.25, 0.3) is 0 Å². The molecular weight excluding hydrogens is 634 g/mol. The van der Waals surface area contributed by atoms with Crippen LogP contribution in [-0.4, -0.2) is 73.0 Å². The highest BCUT2D eigenvalue weighted by molar-refractivity contribution is 9.10. The number of thioether (sulfide) groups is 1. The molecule has 3 aliphatic heterocycles. The summed E-state index contributed by atoms with van der Waals surface area (Å²) in [5.41, 5.74) is 1.19. The number of fused-ring (bicyclic) bond motifs is 2. The number of halogens is 1. The predicted octanol–water partition coefficient (Wildman–Crippen LogP) is 3.34. The summed E-state index contributed by atoms with van der Waals surface area (Å²) in [6, 6.07) is 12.4. The number of benzene rings is 2. The fourth-order valence-corrected chi connectivity index (χ4v) is 8.59. The average molecular weight is 661 g/mol. The summed E-state index contributed by atoms with van der Waals surface area (Å²) in [6.45, 7) is 1.67. The quantitative estimate of drug-likeness (QED) is 0.371. The van der Waals surface area contributed by atoms with E-state index >= 15 is 0 Å². The maximum atomic E-state index is 14.1. The Bertz CT molecular complexity index is 1580. The van der Waals surface area contributed by atoms with E-state index in [1.807, 2.05) is 6.07 Å². The van der Waals surface area contributed by atoms with E-state index in [4.69, 9.17) is 14.2 Å². The number of morpholine rings is 1. The number of aromatic nitrogens is 1. The Kier molecular flexibility index (Phi) is 7.70. The van der Waals surface area contributed by atoms with Gasteiger partial charge in [0.1, 0.15) is 11.8 Å². The third kappa shape index (κ3) is 4.88. The molecule has 2 saturated heterocycles. The first kappa shape index (κ1) is 28.0. The minimum atomic E-state index is -0.782. The number of hydrogen-bond donors (Lipinski definition) is 0. The fraction of sp³-hybridized carbons (Fsp3) is 0.357. The largest absolute Gasteiger partial charge is 0.493 e. The lowest BCUT2D eigenvalue weighted by molar-refractivity contribution is -0.136. The van der Waals surface area contributed by atoms with Gasteiger partial charge in [0.2, 0.25) is 17.7 Å². The normalized spacial score (nSPS) is 22.0. The summed E-state index contributed by atoms with van der Waals surface area (Å²) < 4.78 is 18.6. The number of methoxy groups -OCH3 is 2. The number of amides is 3. The van der Waals surface area contributed by atoms with Crippen molar-refractivity contribution in [2.75, 3.05) is 45.4 Å². The zero-order chi connectivity index (χ0) is 28.8. The summed E-state index contributed by atoms with van der Waals surface area (Å²) in [5.74, 6) is -1.26. The van der Waals surface area contributed by atoms with E-state index in [9.17, 15) is 19.2 Å². The Morgan fingerprint density at radius 1 is 1.00 bits per heavy atom. The molecule has 0 spiro atoms. The number of rotatable bonds is 6. The van der Waals surface area contributed by atoms with Gasteiger partial charge in [-0.2, -0.15) is 0 Å². The number of carbonyl (C=O) groups is 3. The standard InChI is InChI=1S/C28H26BrN3O7S2/c1-37-18-8-3-15(13-19(18)38-2)21-22-23(26(35)32(25(22)34)17-6-4-16(29)5-7-17)40-27-24(21)41-28(36)31(27)14-20(33)30-9-11-39-12-10-30/h3-8,13,21-23H,9-12,14H2,1-2H3/t21-,22?,23?/m0/s1. The number of imide groups is 1. The van der Waals surface area contributed by atoms with Crippen LogP contribution in [0.4, 0.5) is 5.69 Å². The SMILES string of the molecule is COc1ccc([C@@H]2c3sc(=O)n(CC(=O)N4CCOCC4)c3SC3C(=O)N(c4ccc(Br)cc4)C(=O)C32)cc1OC. The first-order chi connectivity index (χ1) is 19.8. The van der Waals surface area contributed by atoms with Gasteiger partial charge < -0.3 is 19.1 Å². The molecule has 0 radical (unpaired) electrons. The highest BCUT2D eigenvalue weighted by Gasteiger charge is 2.57. The van der Waals surface area contributed by atoms with Crippen molar-refractivity contribution in [3.8, 4) is 11.5 Å². The lowest BCUT2D eigenvalue weighted by Crippen LogP contribution is -2.43. The molecule has 2 unspecified atom stereocenters. The molecule has 2 aromatic carbocycles. The van der Waals surface area contributed by atoms with Crippen LogP contribution in [0.15, 0.2) is 56.8 Å². The summed E-state index contributed by atoms with van der Waals surface area (Å²) >= 11 is 5.61. The monoisotopic (exact) mass is 659 g/mol. The molecule has 0 aliphatic carbocycles. The van der Waals surface area contributed by atoms with Crippen LogP contribution in [0.1, 0.15) is 16.4 Å². The van der Waals surface area contributed by atoms with Crippen LogP contribution in [0, 0.1) is 5.92 Å². The molecule has 3 aliphatic rings. The Morgan fingerprint density at radius 2 is 1.71 bits per heavy atom. The number of carbonyl (C=O) groups excluding carboxylic acids is 3. The van der Waals surface area contributed by atoms with E-state index in [2.05, 4.69) is 15.9 Å². The molecule has 214 valence electrons. The zero-order valence-corrected chi connectivity index (χ0v) is 25.4. The molecule has 0 bridgehead atoms. The van der Waals surface area contributed by atoms with Crippen molar-refractivity contribution < 1.29 is 28.6 Å². The molecular formula is C28H26BrN3O7S2. The first-order valence-corrected chi connectivity index (χ1v) is 15.4. The van der Waals surface area contributed by atoms with Crippen molar-refractivity contribution in [2.45, 2.75) is 22.7 Å². The molecule has 6 rings (SSSR count). The predicted molar refractivity (Wildman–Crippen MR) is 157 cm³/mol. The summed E-state index contributed by atoms with van der Waals surface area (Å²) in [7, 11) is 3.06. The van der Waals surface area contributed by atoms with Crippen LogP contribution in [0.2, 0.25) is 0 Å². The molecule has 2 fully saturated rings. The Balaban J connectivity index is 1.46. The molecule has 3 aromatic rings. The van der Waals surface area contributed by atoms with E-state index < -0.39 is 17.1 Å². The van der Waals surface area contributed by atoms with Gasteiger partial charge in [-0.05, 0) is 42.0 Å². The van der Waals surface area contributed by atoms with Gasteiger partial charge in [-0.15, -0.1) is 0 Å². The van der Waals surface area contributed by atoms with E-state index in [1.54, 1.807) is 41.3 Å². The number of nitrogens with zero attached hydrogens (tertiary/aromatic N) is 3. The minimum absolute atomic E-state index is 0.147. The minimum Gasteiger partial charge on any atom is -0.493 e. The van der Waals surface area contributed by atoms with Gasteiger partial charge in [0.25, 0.3) is 0 Å². The molecule has 41 heavy (non-hydrogen) atoms. The lowest BCUT2D eigenvalue weighted by atomic mass is 9.83. The molecule has 0 saturated carbocycles. The second kappa shape index (κ2) is 11.3. The van der Waals surface area contributed by atoms with Crippen molar-refractivity contribution >= 4 is 62.4 Å². The molecule has 3 atom stereocenters. The molecule has 4 heterocycles. The Hall–Kier alpha value is -3.13. The molecule has 10 nitrogen and oxygen atoms in total. The summed E-state index contributed by atoms with van der Waals surface area (Å²) in [5, 5.41) is -0.239. The van der Waals surface area contributed by atoms with Gasteiger partial charge in [-0.25, -0.2) is 4.90 Å². The number of thiazole rings is 1. The van der Waals surface area contributed by atoms with Crippen molar-refractivity contribution in [1.29, 1.82) is 0 Å². The van der Waals surface area contributed by atoms with Gasteiger partial charge in [-0.3, -0.25) is 23.7 Å². The Morgan fingerprint density at radius 3 is 2.39 bits per heavy atom. The van der Waals surface area contributed by atoms with Crippen LogP contribution in [0.3, 0.4) is 0 Å². The van der Waals surface area contributed by atoms with Gasteiger partial charge in [0.05, 0.1) is 44.1 Å². The van der Waals surface area contributed by atoms with E-state index in [-0.39, 0.29) is 29.1 Å². The number of ether oxygens (including phenoxy) is 3. The number of hydrogen-bond acceptors (Lipinski definition) is 9. The number of anilines is 1. The molecule has 1 aromatic heterocycles. The second-order valence-electron chi connectivity index (χ2n) is 9.76. The van der Waals surface area contributed by atoms with Crippen LogP contribution >= 0.6 is 39.0 Å². The average Bonchev–Trinajstić information content (AvgIpc) is 3.43. The van der Waals surface area contributed by atoms with E-state index in [1.165, 1.54) is 35.4 Å². The van der Waals surface area contributed by atoms with Crippen molar-refractivity contribution in [3.63, 3.8) is 0 Å². The highest BCUT2D eigenvalue weighted by atomic mass is 79.9. The van der Waals surface area contributed by atoms with Gasteiger partial charge in [0.15, 0.2) is 11.5 Å². The maximum absolute atomic E-state index is 14.1. The molecule has 0 N–H and O–H groups in total. The lowest BCUT2D eigenvalue weighted by Gasteiger charge is -2.31. The van der Waals surface area contributed by atoms with E-state index in [0.717, 1.165) is 15.8 Å². The van der Waals surface area contributed by atoms with Gasteiger partial charge in [0, 0.05) is 28.4 Å². The first-order valence-electron chi connectivity index (χ1n) is 12.9. The summed E-state index contributed by atoms with van der Waals surface area (Å²) in [4.78, 5) is 57.7. The second-order valence-corrected chi connectivity index (χ2v) is 12.8. The van der Waals surface area contributed by atoms with Crippen LogP contribution in [0.5, 0.6) is 11.5 Å². The highest BCUT2D eigenvalue weighted by Crippen LogP contribution is 2.54. The van der Waals surface area contributed by atoms with Gasteiger partial charge >= 0.3 is 4.87 Å². The third-order valence-corrected chi connectivity index (χ3v) is 10.7. The van der Waals surface area contributed by atoms with Crippen molar-refractivity contribution in [2.24, 2.45) is 5.92 Å². The van der Waals surface area contributed by atoms with Crippen LogP contribution in [-0.2, 0) is 25.7 Å². The molecule has 13 heteroatoms. The topological polar surface area (TPSA) is 107 Å².